The van der Waals surface area contributed by atoms with Crippen LogP contribution in [0.25, 0.3) is 0 Å². The second-order valence-electron chi connectivity index (χ2n) is 6.57. The molecule has 7 heteroatoms. The topological polar surface area (TPSA) is 54.5 Å². The van der Waals surface area contributed by atoms with E-state index >= 15 is 0 Å². The summed E-state index contributed by atoms with van der Waals surface area (Å²) in [5.41, 5.74) is 1.76. The highest BCUT2D eigenvalue weighted by atomic mass is 19.2. The Morgan fingerprint density at radius 2 is 2.08 bits per heavy atom. The number of rotatable bonds is 6. The van der Waals surface area contributed by atoms with Gasteiger partial charge in [-0.1, -0.05) is 0 Å². The van der Waals surface area contributed by atoms with Gasteiger partial charge < -0.3 is 15.0 Å². The maximum absolute atomic E-state index is 13.5. The summed E-state index contributed by atoms with van der Waals surface area (Å²) in [5.74, 6) is -1.61. The molecular weight excluding hydrogens is 340 g/mol. The van der Waals surface area contributed by atoms with Gasteiger partial charge in [0.2, 0.25) is 5.88 Å². The van der Waals surface area contributed by atoms with Crippen LogP contribution in [-0.4, -0.2) is 43.0 Å². The number of nitrogens with zero attached hydrogens (tertiary/aromatic N) is 2. The molecule has 1 N–H and O–H groups in total. The van der Waals surface area contributed by atoms with Crippen molar-refractivity contribution in [2.24, 2.45) is 0 Å². The minimum atomic E-state index is -0.897. The molecule has 0 fully saturated rings. The fourth-order valence-electron chi connectivity index (χ4n) is 2.92. The molecule has 0 saturated heterocycles. The fraction of sp³-hybridized carbons (Fsp3) is 0.368. The first-order chi connectivity index (χ1) is 12.4. The van der Waals surface area contributed by atoms with Crippen molar-refractivity contribution in [2.75, 3.05) is 27.2 Å². The number of ether oxygens (including phenoxy) is 1. The van der Waals surface area contributed by atoms with Crippen LogP contribution in [0.4, 0.5) is 8.78 Å². The van der Waals surface area contributed by atoms with Crippen LogP contribution in [0.3, 0.4) is 0 Å². The van der Waals surface area contributed by atoms with Gasteiger partial charge in [-0.3, -0.25) is 4.79 Å². The number of aryl methyl sites for hydroxylation is 1. The Balaban J connectivity index is 1.62. The van der Waals surface area contributed by atoms with E-state index in [4.69, 9.17) is 4.74 Å². The SMILES string of the molecule is CN(C)CCOc1ccc(C(=O)NC2CCc3cc(F)c(F)cc32)cn1. The summed E-state index contributed by atoms with van der Waals surface area (Å²) < 4.78 is 32.3. The second-order valence-corrected chi connectivity index (χ2v) is 6.57. The largest absolute Gasteiger partial charge is 0.476 e. The molecule has 1 unspecified atom stereocenters. The van der Waals surface area contributed by atoms with Gasteiger partial charge in [0.1, 0.15) is 6.61 Å². The van der Waals surface area contributed by atoms with Crippen molar-refractivity contribution in [1.29, 1.82) is 0 Å². The lowest BCUT2D eigenvalue weighted by molar-refractivity contribution is 0.0936. The smallest absolute Gasteiger partial charge is 0.253 e. The molecule has 5 nitrogen and oxygen atoms in total. The summed E-state index contributed by atoms with van der Waals surface area (Å²) in [5, 5.41) is 2.86. The molecule has 1 atom stereocenters. The molecule has 0 bridgehead atoms. The number of aromatic nitrogens is 1. The number of pyridine rings is 1. The van der Waals surface area contributed by atoms with E-state index in [1.807, 2.05) is 19.0 Å². The number of carbonyl (C=O) groups is 1. The van der Waals surface area contributed by atoms with Crippen LogP contribution in [0, 0.1) is 11.6 Å². The molecule has 3 rings (SSSR count). The van der Waals surface area contributed by atoms with Crippen molar-refractivity contribution in [3.63, 3.8) is 0 Å². The van der Waals surface area contributed by atoms with Gasteiger partial charge in [-0.2, -0.15) is 0 Å². The molecule has 138 valence electrons. The Labute approximate surface area is 151 Å². The first-order valence-corrected chi connectivity index (χ1v) is 8.46. The van der Waals surface area contributed by atoms with Gasteiger partial charge >= 0.3 is 0 Å². The Bertz CT molecular complexity index is 794. The van der Waals surface area contributed by atoms with E-state index in [-0.39, 0.29) is 11.9 Å². The summed E-state index contributed by atoms with van der Waals surface area (Å²) in [6, 6.07) is 5.32. The average Bonchev–Trinajstić information content (AvgIpc) is 2.97. The van der Waals surface area contributed by atoms with E-state index in [1.165, 1.54) is 18.3 Å². The molecule has 0 aliphatic heterocycles. The van der Waals surface area contributed by atoms with E-state index < -0.39 is 11.6 Å². The Kier molecular flexibility index (Phi) is 5.46. The van der Waals surface area contributed by atoms with Gasteiger partial charge in [-0.25, -0.2) is 13.8 Å². The molecule has 1 amide bonds. The van der Waals surface area contributed by atoms with Crippen LogP contribution in [0.15, 0.2) is 30.5 Å². The first-order valence-electron chi connectivity index (χ1n) is 8.46. The summed E-state index contributed by atoms with van der Waals surface area (Å²) in [7, 11) is 3.90. The van der Waals surface area contributed by atoms with Crippen LogP contribution in [0.1, 0.15) is 33.9 Å². The summed E-state index contributed by atoms with van der Waals surface area (Å²) in [6.45, 7) is 1.27. The summed E-state index contributed by atoms with van der Waals surface area (Å²) in [6.07, 6.45) is 2.67. The van der Waals surface area contributed by atoms with Gasteiger partial charge in [0, 0.05) is 18.8 Å². The van der Waals surface area contributed by atoms with Crippen LogP contribution in [0.2, 0.25) is 0 Å². The lowest BCUT2D eigenvalue weighted by Gasteiger charge is -2.15. The van der Waals surface area contributed by atoms with Crippen LogP contribution < -0.4 is 10.1 Å². The number of amides is 1. The number of fused-ring (bicyclic) bond motifs is 1. The molecular formula is C19H21F2N3O2. The van der Waals surface area contributed by atoms with E-state index in [9.17, 15) is 13.6 Å². The maximum atomic E-state index is 13.5. The molecule has 0 spiro atoms. The van der Waals surface area contributed by atoms with Crippen LogP contribution in [-0.2, 0) is 6.42 Å². The molecule has 0 saturated carbocycles. The number of halogens is 2. The number of carbonyl (C=O) groups excluding carboxylic acids is 1. The zero-order chi connectivity index (χ0) is 18.7. The fourth-order valence-corrected chi connectivity index (χ4v) is 2.92. The normalized spacial score (nSPS) is 15.8. The quantitative estimate of drug-likeness (QED) is 0.860. The van der Waals surface area contributed by atoms with E-state index in [2.05, 4.69) is 10.3 Å². The molecule has 2 aromatic rings. The molecule has 0 radical (unpaired) electrons. The molecule has 1 aromatic carbocycles. The second kappa shape index (κ2) is 7.78. The lowest BCUT2D eigenvalue weighted by atomic mass is 10.1. The number of nitrogens with one attached hydrogen (secondary N) is 1. The first kappa shape index (κ1) is 18.3. The highest BCUT2D eigenvalue weighted by Crippen LogP contribution is 2.32. The minimum Gasteiger partial charge on any atom is -0.476 e. The summed E-state index contributed by atoms with van der Waals surface area (Å²) in [4.78, 5) is 18.5. The predicted octanol–water partition coefficient (Wildman–Crippen LogP) is 2.72. The zero-order valence-corrected chi connectivity index (χ0v) is 14.8. The number of likely N-dealkylation sites (N-methyl/N-ethyl adjacent to an activating group) is 1. The predicted molar refractivity (Wildman–Crippen MR) is 93.2 cm³/mol. The number of hydrogen-bond acceptors (Lipinski definition) is 4. The summed E-state index contributed by atoms with van der Waals surface area (Å²) >= 11 is 0. The molecule has 1 heterocycles. The Hall–Kier alpha value is -2.54. The van der Waals surface area contributed by atoms with Crippen molar-refractivity contribution >= 4 is 5.91 Å². The number of benzene rings is 1. The standard InChI is InChI=1S/C19H21F2N3O2/c1-24(2)7-8-26-18-6-4-13(11-22-18)19(25)23-17-5-3-12-9-15(20)16(21)10-14(12)17/h4,6,9-11,17H,3,5,7-8H2,1-2H3,(H,23,25). The van der Waals surface area contributed by atoms with Crippen molar-refractivity contribution < 1.29 is 18.3 Å². The molecule has 1 aromatic heterocycles. The van der Waals surface area contributed by atoms with Gasteiger partial charge in [-0.05, 0) is 56.3 Å². The van der Waals surface area contributed by atoms with Gasteiger partial charge in [0.05, 0.1) is 11.6 Å². The molecule has 1 aliphatic rings. The van der Waals surface area contributed by atoms with Gasteiger partial charge in [0.15, 0.2) is 11.6 Å². The van der Waals surface area contributed by atoms with E-state index in [1.54, 1.807) is 12.1 Å². The third-order valence-electron chi connectivity index (χ3n) is 4.35. The highest BCUT2D eigenvalue weighted by molar-refractivity contribution is 5.94. The van der Waals surface area contributed by atoms with Crippen LogP contribution >= 0.6 is 0 Å². The van der Waals surface area contributed by atoms with E-state index in [0.717, 1.165) is 12.1 Å². The average molecular weight is 361 g/mol. The number of hydrogen-bond donors (Lipinski definition) is 1. The Morgan fingerprint density at radius 3 is 2.77 bits per heavy atom. The molecule has 1 aliphatic carbocycles. The van der Waals surface area contributed by atoms with Crippen LogP contribution in [0.5, 0.6) is 5.88 Å². The monoisotopic (exact) mass is 361 g/mol. The van der Waals surface area contributed by atoms with Gasteiger partial charge in [0.25, 0.3) is 5.91 Å². The third kappa shape index (κ3) is 4.16. The lowest BCUT2D eigenvalue weighted by Crippen LogP contribution is -2.27. The zero-order valence-electron chi connectivity index (χ0n) is 14.8. The highest BCUT2D eigenvalue weighted by Gasteiger charge is 2.26. The molecule has 26 heavy (non-hydrogen) atoms. The Morgan fingerprint density at radius 1 is 1.31 bits per heavy atom. The van der Waals surface area contributed by atoms with Crippen molar-refractivity contribution in [1.82, 2.24) is 15.2 Å². The third-order valence-corrected chi connectivity index (χ3v) is 4.35. The van der Waals surface area contributed by atoms with Crippen molar-refractivity contribution in [3.05, 3.63) is 58.8 Å². The van der Waals surface area contributed by atoms with Crippen molar-refractivity contribution in [2.45, 2.75) is 18.9 Å². The van der Waals surface area contributed by atoms with Gasteiger partial charge in [-0.15, -0.1) is 0 Å². The van der Waals surface area contributed by atoms with E-state index in [0.29, 0.717) is 36.5 Å². The maximum Gasteiger partial charge on any atom is 0.253 e. The minimum absolute atomic E-state index is 0.306. The van der Waals surface area contributed by atoms with Crippen molar-refractivity contribution in [3.8, 4) is 5.88 Å².